The highest BCUT2D eigenvalue weighted by molar-refractivity contribution is 5.97. The lowest BCUT2D eigenvalue weighted by Gasteiger charge is -2.11. The van der Waals surface area contributed by atoms with Crippen LogP contribution in [-0.4, -0.2) is 31.4 Å². The molecule has 98 valence electrons. The number of rotatable bonds is 5. The van der Waals surface area contributed by atoms with Gasteiger partial charge in [0.1, 0.15) is 0 Å². The Hall–Kier alpha value is -1.88. The van der Waals surface area contributed by atoms with E-state index in [1.807, 2.05) is 6.92 Å². The van der Waals surface area contributed by atoms with E-state index >= 15 is 0 Å². The quantitative estimate of drug-likeness (QED) is 0.728. The van der Waals surface area contributed by atoms with Gasteiger partial charge in [-0.1, -0.05) is 0 Å². The van der Waals surface area contributed by atoms with E-state index in [0.717, 1.165) is 0 Å². The van der Waals surface area contributed by atoms with Gasteiger partial charge in [0.2, 0.25) is 5.91 Å². The summed E-state index contributed by atoms with van der Waals surface area (Å²) in [6, 6.07) is 6.54. The molecule has 0 radical (unpaired) electrons. The number of nitrogens with one attached hydrogen (secondary N) is 3. The van der Waals surface area contributed by atoms with E-state index in [-0.39, 0.29) is 17.9 Å². The molecule has 1 unspecified atom stereocenters. The standard InChI is InChI=1S/C13H19N3O2/c1-4-15-13(18)10-5-7-11(8-6-10)16-12(17)9(2)14-3/h5-9,14H,4H2,1-3H3,(H,15,18)(H,16,17). The predicted octanol–water partition coefficient (Wildman–Crippen LogP) is 0.983. The Morgan fingerprint density at radius 1 is 1.22 bits per heavy atom. The summed E-state index contributed by atoms with van der Waals surface area (Å²) in [4.78, 5) is 23.1. The predicted molar refractivity (Wildman–Crippen MR) is 71.6 cm³/mol. The Balaban J connectivity index is 2.66. The van der Waals surface area contributed by atoms with Gasteiger partial charge < -0.3 is 16.0 Å². The van der Waals surface area contributed by atoms with Crippen LogP contribution in [0.1, 0.15) is 24.2 Å². The van der Waals surface area contributed by atoms with E-state index in [9.17, 15) is 9.59 Å². The fraction of sp³-hybridized carbons (Fsp3) is 0.385. The lowest BCUT2D eigenvalue weighted by atomic mass is 10.2. The summed E-state index contributed by atoms with van der Waals surface area (Å²) in [7, 11) is 1.72. The number of carbonyl (C=O) groups is 2. The monoisotopic (exact) mass is 249 g/mol. The topological polar surface area (TPSA) is 70.2 Å². The van der Waals surface area contributed by atoms with Crippen LogP contribution in [0.2, 0.25) is 0 Å². The van der Waals surface area contributed by atoms with Crippen LogP contribution in [0.4, 0.5) is 5.69 Å². The van der Waals surface area contributed by atoms with E-state index in [1.54, 1.807) is 38.2 Å². The van der Waals surface area contributed by atoms with Crippen LogP contribution in [0.25, 0.3) is 0 Å². The SMILES string of the molecule is CCNC(=O)c1ccc(NC(=O)C(C)NC)cc1. The molecule has 1 atom stereocenters. The molecular weight excluding hydrogens is 230 g/mol. The number of amides is 2. The molecular formula is C13H19N3O2. The van der Waals surface area contributed by atoms with Crippen molar-refractivity contribution in [1.29, 1.82) is 0 Å². The average molecular weight is 249 g/mol. The fourth-order valence-corrected chi connectivity index (χ4v) is 1.35. The third-order valence-electron chi connectivity index (χ3n) is 2.58. The van der Waals surface area contributed by atoms with Gasteiger partial charge in [-0.15, -0.1) is 0 Å². The van der Waals surface area contributed by atoms with Gasteiger partial charge in [-0.05, 0) is 45.2 Å². The molecule has 1 rings (SSSR count). The molecule has 5 nitrogen and oxygen atoms in total. The van der Waals surface area contributed by atoms with Crippen LogP contribution in [0.5, 0.6) is 0 Å². The smallest absolute Gasteiger partial charge is 0.251 e. The molecule has 1 aromatic rings. The first-order valence-corrected chi connectivity index (χ1v) is 5.94. The first kappa shape index (κ1) is 14.2. The third-order valence-corrected chi connectivity index (χ3v) is 2.58. The number of carbonyl (C=O) groups excluding carboxylic acids is 2. The zero-order valence-corrected chi connectivity index (χ0v) is 10.9. The summed E-state index contributed by atoms with van der Waals surface area (Å²) >= 11 is 0. The van der Waals surface area contributed by atoms with Gasteiger partial charge in [0.15, 0.2) is 0 Å². The summed E-state index contributed by atoms with van der Waals surface area (Å²) < 4.78 is 0. The van der Waals surface area contributed by atoms with Crippen molar-refractivity contribution < 1.29 is 9.59 Å². The first-order chi connectivity index (χ1) is 8.58. The molecule has 0 aliphatic heterocycles. The minimum absolute atomic E-state index is 0.108. The summed E-state index contributed by atoms with van der Waals surface area (Å²) in [6.07, 6.45) is 0. The fourth-order valence-electron chi connectivity index (χ4n) is 1.35. The Kier molecular flexibility index (Phi) is 5.32. The maximum Gasteiger partial charge on any atom is 0.251 e. The second-order valence-corrected chi connectivity index (χ2v) is 3.94. The molecule has 1 aromatic carbocycles. The van der Waals surface area contributed by atoms with Crippen molar-refractivity contribution in [3.63, 3.8) is 0 Å². The summed E-state index contributed by atoms with van der Waals surface area (Å²) in [5, 5.41) is 8.33. The van der Waals surface area contributed by atoms with Crippen LogP contribution < -0.4 is 16.0 Å². The Morgan fingerprint density at radius 2 is 1.83 bits per heavy atom. The van der Waals surface area contributed by atoms with Gasteiger partial charge >= 0.3 is 0 Å². The second kappa shape index (κ2) is 6.76. The lowest BCUT2D eigenvalue weighted by molar-refractivity contribution is -0.117. The zero-order valence-electron chi connectivity index (χ0n) is 10.9. The van der Waals surface area contributed by atoms with E-state index in [1.165, 1.54) is 0 Å². The van der Waals surface area contributed by atoms with Crippen molar-refractivity contribution in [2.24, 2.45) is 0 Å². The van der Waals surface area contributed by atoms with Crippen LogP contribution in [-0.2, 0) is 4.79 Å². The van der Waals surface area contributed by atoms with Crippen molar-refractivity contribution in [3.8, 4) is 0 Å². The van der Waals surface area contributed by atoms with Crippen LogP contribution >= 0.6 is 0 Å². The first-order valence-electron chi connectivity index (χ1n) is 5.94. The van der Waals surface area contributed by atoms with E-state index in [4.69, 9.17) is 0 Å². The Labute approximate surface area is 107 Å². The van der Waals surface area contributed by atoms with Crippen molar-refractivity contribution in [1.82, 2.24) is 10.6 Å². The molecule has 18 heavy (non-hydrogen) atoms. The Bertz CT molecular complexity index is 415. The second-order valence-electron chi connectivity index (χ2n) is 3.94. The summed E-state index contributed by atoms with van der Waals surface area (Å²) in [5.74, 6) is -0.220. The van der Waals surface area contributed by atoms with Crippen molar-refractivity contribution >= 4 is 17.5 Å². The molecule has 0 saturated carbocycles. The molecule has 0 aromatic heterocycles. The number of hydrogen-bond acceptors (Lipinski definition) is 3. The van der Waals surface area contributed by atoms with Gasteiger partial charge in [0, 0.05) is 17.8 Å². The van der Waals surface area contributed by atoms with Gasteiger partial charge in [-0.25, -0.2) is 0 Å². The molecule has 0 heterocycles. The van der Waals surface area contributed by atoms with Crippen molar-refractivity contribution in [2.45, 2.75) is 19.9 Å². The zero-order chi connectivity index (χ0) is 13.5. The van der Waals surface area contributed by atoms with Crippen molar-refractivity contribution in [3.05, 3.63) is 29.8 Å². The normalized spacial score (nSPS) is 11.7. The van der Waals surface area contributed by atoms with Gasteiger partial charge in [-0.2, -0.15) is 0 Å². The van der Waals surface area contributed by atoms with Crippen LogP contribution in [0.15, 0.2) is 24.3 Å². The number of benzene rings is 1. The number of anilines is 1. The maximum atomic E-state index is 11.6. The van der Waals surface area contributed by atoms with Crippen molar-refractivity contribution in [2.75, 3.05) is 18.9 Å². The van der Waals surface area contributed by atoms with E-state index < -0.39 is 0 Å². The molecule has 0 spiro atoms. The Morgan fingerprint density at radius 3 is 2.33 bits per heavy atom. The maximum absolute atomic E-state index is 11.6. The molecule has 0 fully saturated rings. The molecule has 2 amide bonds. The van der Waals surface area contributed by atoms with Gasteiger partial charge in [0.05, 0.1) is 6.04 Å². The summed E-state index contributed by atoms with van der Waals surface area (Å²) in [5.41, 5.74) is 1.26. The minimum Gasteiger partial charge on any atom is -0.352 e. The lowest BCUT2D eigenvalue weighted by Crippen LogP contribution is -2.35. The molecule has 0 saturated heterocycles. The van der Waals surface area contributed by atoms with Gasteiger partial charge in [-0.3, -0.25) is 9.59 Å². The number of hydrogen-bond donors (Lipinski definition) is 3. The third kappa shape index (κ3) is 3.85. The molecule has 5 heteroatoms. The highest BCUT2D eigenvalue weighted by Gasteiger charge is 2.10. The molecule has 0 aliphatic carbocycles. The largest absolute Gasteiger partial charge is 0.352 e. The molecule has 0 aliphatic rings. The summed E-state index contributed by atoms with van der Waals surface area (Å²) in [6.45, 7) is 4.24. The minimum atomic E-state index is -0.256. The average Bonchev–Trinajstić information content (AvgIpc) is 2.38. The number of likely N-dealkylation sites (N-methyl/N-ethyl adjacent to an activating group) is 1. The highest BCUT2D eigenvalue weighted by atomic mass is 16.2. The van der Waals surface area contributed by atoms with E-state index in [0.29, 0.717) is 17.8 Å². The van der Waals surface area contributed by atoms with E-state index in [2.05, 4.69) is 16.0 Å². The molecule has 3 N–H and O–H groups in total. The van der Waals surface area contributed by atoms with Gasteiger partial charge in [0.25, 0.3) is 5.91 Å². The van der Waals surface area contributed by atoms with Crippen LogP contribution in [0, 0.1) is 0 Å². The van der Waals surface area contributed by atoms with Crippen LogP contribution in [0.3, 0.4) is 0 Å². The highest BCUT2D eigenvalue weighted by Crippen LogP contribution is 2.09. The molecule has 0 bridgehead atoms.